The van der Waals surface area contributed by atoms with Gasteiger partial charge in [0.25, 0.3) is 0 Å². The van der Waals surface area contributed by atoms with Crippen LogP contribution in [0.3, 0.4) is 0 Å². The van der Waals surface area contributed by atoms with E-state index in [-0.39, 0.29) is 11.3 Å². The molecule has 1 aromatic rings. The molecule has 102 valence electrons. The molecule has 0 radical (unpaired) electrons. The van der Waals surface area contributed by atoms with Gasteiger partial charge in [-0.3, -0.25) is 4.79 Å². The maximum absolute atomic E-state index is 11.0. The summed E-state index contributed by atoms with van der Waals surface area (Å²) in [6, 6.07) is 1.86. The lowest BCUT2D eigenvalue weighted by Gasteiger charge is -2.28. The first-order valence-corrected chi connectivity index (χ1v) is 6.91. The quantitative estimate of drug-likeness (QED) is 0.789. The maximum atomic E-state index is 11.0. The second kappa shape index (κ2) is 6.31. The minimum absolute atomic E-state index is 0.229. The van der Waals surface area contributed by atoms with Crippen molar-refractivity contribution in [3.63, 3.8) is 0 Å². The predicted molar refractivity (Wildman–Crippen MR) is 76.9 cm³/mol. The maximum Gasteiger partial charge on any atom is 0.249 e. The van der Waals surface area contributed by atoms with Crippen LogP contribution in [0.25, 0.3) is 0 Å². The summed E-state index contributed by atoms with van der Waals surface area (Å²) in [5.74, 6) is -0.356. The van der Waals surface area contributed by atoms with E-state index in [1.165, 1.54) is 0 Å². The molecular formula is C13H23N3OS. The second-order valence-corrected chi connectivity index (χ2v) is 6.67. The summed E-state index contributed by atoms with van der Waals surface area (Å²) in [5, 5.41) is 5.24. The number of hydrogen-bond donors (Lipinski definition) is 2. The monoisotopic (exact) mass is 269 g/mol. The number of nitrogens with two attached hydrogens (primary N) is 1. The molecule has 0 aromatic carbocycles. The number of hydrogen-bond acceptors (Lipinski definition) is 4. The highest BCUT2D eigenvalue weighted by molar-refractivity contribution is 7.10. The van der Waals surface area contributed by atoms with E-state index < -0.39 is 0 Å². The molecule has 0 aliphatic rings. The van der Waals surface area contributed by atoms with Crippen molar-refractivity contribution in [1.82, 2.24) is 10.2 Å². The molecule has 0 spiro atoms. The van der Waals surface area contributed by atoms with Crippen molar-refractivity contribution in [2.24, 2.45) is 11.1 Å². The molecule has 0 bridgehead atoms. The van der Waals surface area contributed by atoms with Gasteiger partial charge in [-0.25, -0.2) is 0 Å². The molecule has 0 aliphatic carbocycles. The molecular weight excluding hydrogens is 246 g/mol. The van der Waals surface area contributed by atoms with Gasteiger partial charge in [0.1, 0.15) is 0 Å². The van der Waals surface area contributed by atoms with Crippen LogP contribution in [0.1, 0.15) is 29.1 Å². The number of carbonyl (C=O) groups is 1. The van der Waals surface area contributed by atoms with Crippen LogP contribution in [0, 0.1) is 5.41 Å². The van der Waals surface area contributed by atoms with E-state index in [1.54, 1.807) is 11.3 Å². The van der Waals surface area contributed by atoms with Crippen LogP contribution < -0.4 is 11.1 Å². The van der Waals surface area contributed by atoms with Crippen molar-refractivity contribution in [1.29, 1.82) is 0 Å². The Kier molecular flexibility index (Phi) is 5.31. The smallest absolute Gasteiger partial charge is 0.249 e. The SMILES string of the molecule is CN(C)CC(C)(C)CNCc1cc(C(N)=O)cs1. The Labute approximate surface area is 113 Å². The topological polar surface area (TPSA) is 58.4 Å². The average Bonchev–Trinajstić information content (AvgIpc) is 2.63. The minimum atomic E-state index is -0.356. The van der Waals surface area contributed by atoms with Gasteiger partial charge in [-0.1, -0.05) is 13.8 Å². The third-order valence-corrected chi connectivity index (χ3v) is 3.52. The van der Waals surface area contributed by atoms with Crippen molar-refractivity contribution >= 4 is 17.2 Å². The minimum Gasteiger partial charge on any atom is -0.366 e. The van der Waals surface area contributed by atoms with Crippen LogP contribution in [0.5, 0.6) is 0 Å². The van der Waals surface area contributed by atoms with E-state index in [0.717, 1.165) is 24.5 Å². The molecule has 1 heterocycles. The first-order chi connectivity index (χ1) is 8.30. The third kappa shape index (κ3) is 5.16. The normalized spacial score (nSPS) is 12.1. The Balaban J connectivity index is 2.39. The molecule has 1 rings (SSSR count). The van der Waals surface area contributed by atoms with E-state index in [2.05, 4.69) is 38.2 Å². The summed E-state index contributed by atoms with van der Waals surface area (Å²) in [7, 11) is 4.17. The largest absolute Gasteiger partial charge is 0.366 e. The van der Waals surface area contributed by atoms with Crippen LogP contribution in [0.4, 0.5) is 0 Å². The average molecular weight is 269 g/mol. The van der Waals surface area contributed by atoms with Gasteiger partial charge in [-0.15, -0.1) is 11.3 Å². The van der Waals surface area contributed by atoms with E-state index in [1.807, 2.05) is 11.4 Å². The van der Waals surface area contributed by atoms with Gasteiger partial charge >= 0.3 is 0 Å². The van der Waals surface area contributed by atoms with Crippen molar-refractivity contribution in [3.05, 3.63) is 21.9 Å². The Morgan fingerprint density at radius 2 is 2.17 bits per heavy atom. The molecule has 5 heteroatoms. The molecule has 1 amide bonds. The Hall–Kier alpha value is -0.910. The first-order valence-electron chi connectivity index (χ1n) is 6.03. The van der Waals surface area contributed by atoms with E-state index in [9.17, 15) is 4.79 Å². The molecule has 3 N–H and O–H groups in total. The van der Waals surface area contributed by atoms with E-state index in [0.29, 0.717) is 5.56 Å². The van der Waals surface area contributed by atoms with Gasteiger partial charge < -0.3 is 16.0 Å². The lowest BCUT2D eigenvalue weighted by molar-refractivity contribution is 0.100. The van der Waals surface area contributed by atoms with Crippen molar-refractivity contribution in [2.45, 2.75) is 20.4 Å². The number of nitrogens with one attached hydrogen (secondary N) is 1. The number of carbonyl (C=O) groups excluding carboxylic acids is 1. The van der Waals surface area contributed by atoms with Crippen molar-refractivity contribution in [3.8, 4) is 0 Å². The number of rotatable bonds is 7. The molecule has 0 atom stereocenters. The van der Waals surface area contributed by atoms with Gasteiger partial charge in [0.15, 0.2) is 0 Å². The number of amides is 1. The van der Waals surface area contributed by atoms with Gasteiger partial charge in [0.2, 0.25) is 5.91 Å². The second-order valence-electron chi connectivity index (χ2n) is 5.67. The van der Waals surface area contributed by atoms with Crippen LogP contribution in [0.15, 0.2) is 11.4 Å². The lowest BCUT2D eigenvalue weighted by Crippen LogP contribution is -2.37. The van der Waals surface area contributed by atoms with Gasteiger partial charge in [0, 0.05) is 29.9 Å². The predicted octanol–water partition coefficient (Wildman–Crippen LogP) is 1.52. The van der Waals surface area contributed by atoms with Crippen LogP contribution in [-0.2, 0) is 6.54 Å². The molecule has 0 saturated carbocycles. The Morgan fingerprint density at radius 1 is 1.50 bits per heavy atom. The van der Waals surface area contributed by atoms with Gasteiger partial charge in [-0.2, -0.15) is 0 Å². The standard InChI is InChI=1S/C13H23N3OS/c1-13(2,9-16(3)4)8-15-6-11-5-10(7-18-11)12(14)17/h5,7,15H,6,8-9H2,1-4H3,(H2,14,17). The fraction of sp³-hybridized carbons (Fsp3) is 0.615. The summed E-state index contributed by atoms with van der Waals surface area (Å²) in [5.41, 5.74) is 6.05. The molecule has 0 aliphatic heterocycles. The summed E-state index contributed by atoms with van der Waals surface area (Å²) in [6.45, 7) is 7.24. The van der Waals surface area contributed by atoms with Gasteiger partial charge in [-0.05, 0) is 25.6 Å². The van der Waals surface area contributed by atoms with Crippen molar-refractivity contribution < 1.29 is 4.79 Å². The summed E-state index contributed by atoms with van der Waals surface area (Å²) < 4.78 is 0. The number of nitrogens with zero attached hydrogens (tertiary/aromatic N) is 1. The van der Waals surface area contributed by atoms with Crippen LogP contribution in [0.2, 0.25) is 0 Å². The summed E-state index contributed by atoms with van der Waals surface area (Å²) >= 11 is 1.57. The van der Waals surface area contributed by atoms with Crippen molar-refractivity contribution in [2.75, 3.05) is 27.2 Å². The van der Waals surface area contributed by atoms with Gasteiger partial charge in [0.05, 0.1) is 5.56 Å². The first kappa shape index (κ1) is 15.1. The zero-order chi connectivity index (χ0) is 13.8. The highest BCUT2D eigenvalue weighted by atomic mass is 32.1. The highest BCUT2D eigenvalue weighted by Crippen LogP contribution is 2.17. The van der Waals surface area contributed by atoms with E-state index in [4.69, 9.17) is 5.73 Å². The molecule has 0 unspecified atom stereocenters. The zero-order valence-corrected chi connectivity index (χ0v) is 12.4. The van der Waals surface area contributed by atoms with Crippen LogP contribution >= 0.6 is 11.3 Å². The lowest BCUT2D eigenvalue weighted by atomic mass is 9.93. The molecule has 0 saturated heterocycles. The van der Waals surface area contributed by atoms with E-state index >= 15 is 0 Å². The fourth-order valence-electron chi connectivity index (χ4n) is 2.04. The number of primary amides is 1. The zero-order valence-electron chi connectivity index (χ0n) is 11.6. The molecule has 1 aromatic heterocycles. The molecule has 18 heavy (non-hydrogen) atoms. The fourth-order valence-corrected chi connectivity index (χ4v) is 2.88. The summed E-state index contributed by atoms with van der Waals surface area (Å²) in [6.07, 6.45) is 0. The molecule has 0 fully saturated rings. The third-order valence-electron chi connectivity index (χ3n) is 2.59. The Morgan fingerprint density at radius 3 is 2.67 bits per heavy atom. The highest BCUT2D eigenvalue weighted by Gasteiger charge is 2.18. The molecule has 4 nitrogen and oxygen atoms in total. The Bertz CT molecular complexity index is 399. The van der Waals surface area contributed by atoms with Crippen LogP contribution in [-0.4, -0.2) is 38.0 Å². The summed E-state index contributed by atoms with van der Waals surface area (Å²) in [4.78, 5) is 14.3. The number of thiophene rings is 1.